The second kappa shape index (κ2) is 5.50. The van der Waals surface area contributed by atoms with Gasteiger partial charge in [0.2, 0.25) is 0 Å². The summed E-state index contributed by atoms with van der Waals surface area (Å²) in [6.07, 6.45) is 4.93. The van der Waals surface area contributed by atoms with E-state index < -0.39 is 5.82 Å². The zero-order chi connectivity index (χ0) is 14.9. The Bertz CT molecular complexity index is 621. The second-order valence-electron chi connectivity index (χ2n) is 6.02. The van der Waals surface area contributed by atoms with Crippen molar-refractivity contribution in [2.45, 2.75) is 25.7 Å². The molecule has 0 aromatic heterocycles. The number of carbonyl (C=O) groups excluding carboxylic acids is 1. The van der Waals surface area contributed by atoms with Crippen molar-refractivity contribution in [1.29, 1.82) is 0 Å². The second-order valence-corrected chi connectivity index (χ2v) is 6.02. The molecule has 1 amide bonds. The summed E-state index contributed by atoms with van der Waals surface area (Å²) in [5, 5.41) is 2.89. The van der Waals surface area contributed by atoms with Crippen LogP contribution in [0.25, 0.3) is 0 Å². The average Bonchev–Trinajstić information content (AvgIpc) is 3.35. The van der Waals surface area contributed by atoms with Gasteiger partial charge in [0.1, 0.15) is 5.82 Å². The van der Waals surface area contributed by atoms with Crippen LogP contribution in [-0.4, -0.2) is 19.0 Å². The predicted octanol–water partition coefficient (Wildman–Crippen LogP) is 2.06. The molecule has 0 saturated heterocycles. The number of carbonyl (C=O) groups is 1. The summed E-state index contributed by atoms with van der Waals surface area (Å²) >= 11 is 0. The highest BCUT2D eigenvalue weighted by Gasteiger charge is 2.53. The molecular formula is C17H19FN2O. The maximum Gasteiger partial charge on any atom is 0.254 e. The first-order chi connectivity index (χ1) is 10.1. The van der Waals surface area contributed by atoms with Crippen LogP contribution in [0.3, 0.4) is 0 Å². The van der Waals surface area contributed by atoms with E-state index in [-0.39, 0.29) is 18.0 Å². The number of halogens is 1. The van der Waals surface area contributed by atoms with Crippen molar-refractivity contribution in [2.75, 3.05) is 13.1 Å². The van der Waals surface area contributed by atoms with Crippen molar-refractivity contribution in [3.05, 3.63) is 35.1 Å². The summed E-state index contributed by atoms with van der Waals surface area (Å²) < 4.78 is 14.0. The largest absolute Gasteiger partial charge is 0.351 e. The molecule has 3 N–H and O–H groups in total. The van der Waals surface area contributed by atoms with Gasteiger partial charge in [-0.2, -0.15) is 0 Å². The van der Waals surface area contributed by atoms with E-state index in [4.69, 9.17) is 5.73 Å². The number of hydrogen-bond acceptors (Lipinski definition) is 2. The van der Waals surface area contributed by atoms with Gasteiger partial charge in [-0.3, -0.25) is 4.79 Å². The number of nitrogens with one attached hydrogen (secondary N) is 1. The standard InChI is InChI=1S/C17H19FN2O/c18-15-10-12(2-1-9-19)3-6-14(15)16(21)20-11-17(7-8-17)13-4-5-13/h3,6,10,13H,4-5,7-9,11,19H2,(H,20,21). The first kappa shape index (κ1) is 14.1. The Kier molecular flexibility index (Phi) is 3.69. The monoisotopic (exact) mass is 286 g/mol. The summed E-state index contributed by atoms with van der Waals surface area (Å²) in [4.78, 5) is 12.1. The molecular weight excluding hydrogens is 267 g/mol. The molecule has 0 unspecified atom stereocenters. The number of benzene rings is 1. The third-order valence-corrected chi connectivity index (χ3v) is 4.49. The van der Waals surface area contributed by atoms with Gasteiger partial charge in [-0.1, -0.05) is 11.8 Å². The molecule has 1 aromatic rings. The number of rotatable bonds is 4. The van der Waals surface area contributed by atoms with Crippen molar-refractivity contribution in [3.8, 4) is 11.8 Å². The Morgan fingerprint density at radius 1 is 1.43 bits per heavy atom. The van der Waals surface area contributed by atoms with Crippen LogP contribution >= 0.6 is 0 Å². The van der Waals surface area contributed by atoms with E-state index in [2.05, 4.69) is 17.2 Å². The Balaban J connectivity index is 1.64. The summed E-state index contributed by atoms with van der Waals surface area (Å²) in [7, 11) is 0. The quantitative estimate of drug-likeness (QED) is 0.832. The highest BCUT2D eigenvalue weighted by Crippen LogP contribution is 2.60. The van der Waals surface area contributed by atoms with E-state index in [9.17, 15) is 9.18 Å². The molecule has 0 radical (unpaired) electrons. The molecule has 2 fully saturated rings. The molecule has 4 heteroatoms. The molecule has 0 spiro atoms. The molecule has 2 saturated carbocycles. The highest BCUT2D eigenvalue weighted by molar-refractivity contribution is 5.94. The van der Waals surface area contributed by atoms with Gasteiger partial charge in [0.25, 0.3) is 5.91 Å². The Hall–Kier alpha value is -1.86. The van der Waals surface area contributed by atoms with E-state index in [1.165, 1.54) is 37.8 Å². The fourth-order valence-electron chi connectivity index (χ4n) is 2.87. The van der Waals surface area contributed by atoms with Crippen molar-refractivity contribution in [2.24, 2.45) is 17.1 Å². The Morgan fingerprint density at radius 2 is 2.19 bits per heavy atom. The lowest BCUT2D eigenvalue weighted by Crippen LogP contribution is -2.31. The van der Waals surface area contributed by atoms with E-state index in [1.54, 1.807) is 6.07 Å². The Labute approximate surface area is 124 Å². The van der Waals surface area contributed by atoms with Gasteiger partial charge in [-0.25, -0.2) is 4.39 Å². The van der Waals surface area contributed by atoms with Crippen LogP contribution in [0.4, 0.5) is 4.39 Å². The molecule has 3 nitrogen and oxygen atoms in total. The maximum absolute atomic E-state index is 14.0. The lowest BCUT2D eigenvalue weighted by atomic mass is 10.0. The third kappa shape index (κ3) is 3.08. The molecule has 2 aliphatic carbocycles. The lowest BCUT2D eigenvalue weighted by molar-refractivity contribution is 0.0938. The van der Waals surface area contributed by atoms with Gasteiger partial charge in [0.15, 0.2) is 0 Å². The van der Waals surface area contributed by atoms with Gasteiger partial charge in [0.05, 0.1) is 12.1 Å². The van der Waals surface area contributed by atoms with Crippen molar-refractivity contribution in [1.82, 2.24) is 5.32 Å². The number of amides is 1. The maximum atomic E-state index is 14.0. The minimum Gasteiger partial charge on any atom is -0.351 e. The molecule has 3 rings (SSSR count). The molecule has 0 bridgehead atoms. The minimum absolute atomic E-state index is 0.0832. The van der Waals surface area contributed by atoms with Crippen LogP contribution in [0, 0.1) is 29.0 Å². The van der Waals surface area contributed by atoms with Crippen molar-refractivity contribution >= 4 is 5.91 Å². The molecule has 21 heavy (non-hydrogen) atoms. The van der Waals surface area contributed by atoms with Crippen molar-refractivity contribution in [3.63, 3.8) is 0 Å². The van der Waals surface area contributed by atoms with E-state index in [0.717, 1.165) is 5.92 Å². The van der Waals surface area contributed by atoms with Crippen LogP contribution in [0.1, 0.15) is 41.6 Å². The average molecular weight is 286 g/mol. The molecule has 110 valence electrons. The first-order valence-electron chi connectivity index (χ1n) is 7.41. The molecule has 0 atom stereocenters. The highest BCUT2D eigenvalue weighted by atomic mass is 19.1. The van der Waals surface area contributed by atoms with Gasteiger partial charge in [0, 0.05) is 12.1 Å². The topological polar surface area (TPSA) is 55.1 Å². The van der Waals surface area contributed by atoms with E-state index in [0.29, 0.717) is 17.5 Å². The number of hydrogen-bond donors (Lipinski definition) is 2. The predicted molar refractivity (Wildman–Crippen MR) is 79.1 cm³/mol. The molecule has 0 heterocycles. The first-order valence-corrected chi connectivity index (χ1v) is 7.41. The van der Waals surface area contributed by atoms with Crippen molar-refractivity contribution < 1.29 is 9.18 Å². The third-order valence-electron chi connectivity index (χ3n) is 4.49. The fraction of sp³-hybridized carbons (Fsp3) is 0.471. The zero-order valence-electron chi connectivity index (χ0n) is 11.9. The lowest BCUT2D eigenvalue weighted by Gasteiger charge is -2.15. The summed E-state index contributed by atoms with van der Waals surface area (Å²) in [5.74, 6) is 5.32. The van der Waals surface area contributed by atoms with Gasteiger partial charge in [-0.15, -0.1) is 0 Å². The minimum atomic E-state index is -0.535. The number of nitrogens with two attached hydrogens (primary N) is 1. The van der Waals surface area contributed by atoms with Gasteiger partial charge < -0.3 is 11.1 Å². The molecule has 0 aliphatic heterocycles. The van der Waals surface area contributed by atoms with Crippen LogP contribution in [-0.2, 0) is 0 Å². The summed E-state index contributed by atoms with van der Waals surface area (Å²) in [5.41, 5.74) is 6.21. The van der Waals surface area contributed by atoms with Crippen LogP contribution < -0.4 is 11.1 Å². The normalized spacial score (nSPS) is 18.6. The van der Waals surface area contributed by atoms with Gasteiger partial charge in [-0.05, 0) is 55.2 Å². The van der Waals surface area contributed by atoms with Crippen LogP contribution in [0.5, 0.6) is 0 Å². The van der Waals surface area contributed by atoms with Crippen LogP contribution in [0.15, 0.2) is 18.2 Å². The van der Waals surface area contributed by atoms with E-state index >= 15 is 0 Å². The molecule has 1 aromatic carbocycles. The van der Waals surface area contributed by atoms with Crippen LogP contribution in [0.2, 0.25) is 0 Å². The fourth-order valence-corrected chi connectivity index (χ4v) is 2.87. The van der Waals surface area contributed by atoms with E-state index in [1.807, 2.05) is 0 Å². The SMILES string of the molecule is NCC#Cc1ccc(C(=O)NCC2(C3CC3)CC2)c(F)c1. The Morgan fingerprint density at radius 3 is 2.76 bits per heavy atom. The summed E-state index contributed by atoms with van der Waals surface area (Å²) in [6, 6.07) is 4.42. The van der Waals surface area contributed by atoms with Gasteiger partial charge >= 0.3 is 0 Å². The zero-order valence-corrected chi connectivity index (χ0v) is 11.9. The molecule has 2 aliphatic rings. The summed E-state index contributed by atoms with van der Waals surface area (Å²) in [6.45, 7) is 0.901. The smallest absolute Gasteiger partial charge is 0.254 e.